The van der Waals surface area contributed by atoms with Crippen molar-refractivity contribution in [3.63, 3.8) is 0 Å². The van der Waals surface area contributed by atoms with E-state index in [4.69, 9.17) is 4.74 Å². The van der Waals surface area contributed by atoms with Crippen molar-refractivity contribution in [2.75, 3.05) is 18.5 Å². The third-order valence-corrected chi connectivity index (χ3v) is 4.72. The van der Waals surface area contributed by atoms with E-state index in [1.165, 1.54) is 0 Å². The fourth-order valence-corrected chi connectivity index (χ4v) is 3.57. The first-order valence-electron chi connectivity index (χ1n) is 8.01. The van der Waals surface area contributed by atoms with Crippen LogP contribution in [0.25, 0.3) is 0 Å². The van der Waals surface area contributed by atoms with Crippen molar-refractivity contribution >= 4 is 11.7 Å². The Labute approximate surface area is 133 Å². The second-order valence-corrected chi connectivity index (χ2v) is 6.13. The lowest BCUT2D eigenvalue weighted by Gasteiger charge is -2.28. The molecule has 0 spiro atoms. The smallest absolute Gasteiger partial charge is 0.270 e. The standard InChI is InChI=1S/C17H19N3O3/c21-14-10-13(11-4-2-1-3-5-11)15-16(18-14)20(19-17(15)22)12-6-8-23-9-7-12/h1-5,12-13H,6-10H2,(H,18,21)(H,19,22). The Balaban J connectivity index is 1.80. The Morgan fingerprint density at radius 1 is 1.09 bits per heavy atom. The van der Waals surface area contributed by atoms with Gasteiger partial charge in [-0.2, -0.15) is 0 Å². The number of hydrogen-bond acceptors (Lipinski definition) is 3. The zero-order chi connectivity index (χ0) is 15.8. The molecule has 6 nitrogen and oxygen atoms in total. The number of amides is 1. The summed E-state index contributed by atoms with van der Waals surface area (Å²) >= 11 is 0. The number of aromatic nitrogens is 2. The van der Waals surface area contributed by atoms with E-state index >= 15 is 0 Å². The second kappa shape index (κ2) is 5.70. The fraction of sp³-hybridized carbons (Fsp3) is 0.412. The predicted molar refractivity (Wildman–Crippen MR) is 85.7 cm³/mol. The molecule has 1 unspecified atom stereocenters. The van der Waals surface area contributed by atoms with Gasteiger partial charge in [0.2, 0.25) is 5.91 Å². The zero-order valence-electron chi connectivity index (χ0n) is 12.7. The van der Waals surface area contributed by atoms with Crippen LogP contribution in [0.15, 0.2) is 35.1 Å². The molecule has 2 aliphatic heterocycles. The molecule has 4 rings (SSSR count). The Hall–Kier alpha value is -2.34. The monoisotopic (exact) mass is 313 g/mol. The van der Waals surface area contributed by atoms with Gasteiger partial charge in [0.05, 0.1) is 11.6 Å². The van der Waals surface area contributed by atoms with Gasteiger partial charge in [0.15, 0.2) is 0 Å². The number of carbonyl (C=O) groups is 1. The van der Waals surface area contributed by atoms with E-state index in [2.05, 4.69) is 10.4 Å². The van der Waals surface area contributed by atoms with Gasteiger partial charge in [0.25, 0.3) is 5.56 Å². The number of rotatable bonds is 2. The van der Waals surface area contributed by atoms with Crippen molar-refractivity contribution in [1.82, 2.24) is 9.78 Å². The van der Waals surface area contributed by atoms with Crippen molar-refractivity contribution in [2.24, 2.45) is 0 Å². The molecule has 120 valence electrons. The first-order chi connectivity index (χ1) is 11.2. The van der Waals surface area contributed by atoms with Gasteiger partial charge in [-0.15, -0.1) is 0 Å². The van der Waals surface area contributed by atoms with Gasteiger partial charge < -0.3 is 10.1 Å². The van der Waals surface area contributed by atoms with Gasteiger partial charge in [-0.05, 0) is 18.4 Å². The van der Waals surface area contributed by atoms with Crippen LogP contribution in [0.3, 0.4) is 0 Å². The zero-order valence-corrected chi connectivity index (χ0v) is 12.7. The number of anilines is 1. The lowest BCUT2D eigenvalue weighted by atomic mass is 9.87. The van der Waals surface area contributed by atoms with Crippen LogP contribution in [0, 0.1) is 0 Å². The third kappa shape index (κ3) is 2.49. The maximum atomic E-state index is 12.6. The van der Waals surface area contributed by atoms with Crippen LogP contribution in [0.2, 0.25) is 0 Å². The van der Waals surface area contributed by atoms with Gasteiger partial charge in [-0.25, -0.2) is 0 Å². The lowest BCUT2D eigenvalue weighted by molar-refractivity contribution is -0.116. The van der Waals surface area contributed by atoms with Gasteiger partial charge in [-0.1, -0.05) is 30.3 Å². The van der Waals surface area contributed by atoms with Crippen molar-refractivity contribution in [3.8, 4) is 0 Å². The number of carbonyl (C=O) groups excluding carboxylic acids is 1. The minimum atomic E-state index is -0.190. The van der Waals surface area contributed by atoms with Crippen molar-refractivity contribution < 1.29 is 9.53 Å². The lowest BCUT2D eigenvalue weighted by Crippen LogP contribution is -2.28. The number of nitrogens with zero attached hydrogens (tertiary/aromatic N) is 1. The van der Waals surface area contributed by atoms with E-state index in [0.29, 0.717) is 31.0 Å². The SMILES string of the molecule is O=C1CC(c2ccccc2)c2c(n(C3CCOCC3)[nH]c2=O)N1. The summed E-state index contributed by atoms with van der Waals surface area (Å²) in [5.74, 6) is 0.392. The predicted octanol–water partition coefficient (Wildman–Crippen LogP) is 2.00. The highest BCUT2D eigenvalue weighted by Gasteiger charge is 2.34. The maximum absolute atomic E-state index is 12.6. The molecule has 0 radical (unpaired) electrons. The van der Waals surface area contributed by atoms with Gasteiger partial charge in [0.1, 0.15) is 5.82 Å². The molecule has 0 bridgehead atoms. The summed E-state index contributed by atoms with van der Waals surface area (Å²) in [6.45, 7) is 1.35. The first-order valence-corrected chi connectivity index (χ1v) is 8.01. The van der Waals surface area contributed by atoms with Crippen LogP contribution in [0.1, 0.15) is 42.3 Å². The van der Waals surface area contributed by atoms with Gasteiger partial charge in [-0.3, -0.25) is 19.4 Å². The third-order valence-electron chi connectivity index (χ3n) is 4.72. The Bertz CT molecular complexity index is 772. The van der Waals surface area contributed by atoms with Crippen molar-refractivity contribution in [2.45, 2.75) is 31.2 Å². The van der Waals surface area contributed by atoms with E-state index in [-0.39, 0.29) is 23.4 Å². The Morgan fingerprint density at radius 2 is 1.83 bits per heavy atom. The van der Waals surface area contributed by atoms with E-state index in [9.17, 15) is 9.59 Å². The molecular formula is C17H19N3O3. The van der Waals surface area contributed by atoms with Crippen LogP contribution in [-0.4, -0.2) is 28.9 Å². The molecule has 2 aliphatic rings. The molecule has 0 aliphatic carbocycles. The van der Waals surface area contributed by atoms with E-state index < -0.39 is 0 Å². The number of benzene rings is 1. The second-order valence-electron chi connectivity index (χ2n) is 6.13. The number of hydrogen-bond donors (Lipinski definition) is 2. The summed E-state index contributed by atoms with van der Waals surface area (Å²) in [5.41, 5.74) is 1.56. The highest BCUT2D eigenvalue weighted by atomic mass is 16.5. The highest BCUT2D eigenvalue weighted by Crippen LogP contribution is 2.37. The summed E-state index contributed by atoms with van der Waals surface area (Å²) in [5, 5.41) is 5.83. The van der Waals surface area contributed by atoms with Gasteiger partial charge >= 0.3 is 0 Å². The number of ether oxygens (including phenoxy) is 1. The molecule has 3 heterocycles. The quantitative estimate of drug-likeness (QED) is 0.890. The molecule has 1 aromatic heterocycles. The van der Waals surface area contributed by atoms with Gasteiger partial charge in [0, 0.05) is 25.6 Å². The number of aromatic amines is 1. The van der Waals surface area contributed by atoms with Crippen molar-refractivity contribution in [1.29, 1.82) is 0 Å². The molecule has 0 saturated carbocycles. The molecule has 1 saturated heterocycles. The summed E-state index contributed by atoms with van der Waals surface area (Å²) in [7, 11) is 0. The molecule has 1 fully saturated rings. The average molecular weight is 313 g/mol. The molecule has 6 heteroatoms. The summed E-state index contributed by atoms with van der Waals surface area (Å²) in [4.78, 5) is 24.7. The largest absolute Gasteiger partial charge is 0.381 e. The minimum Gasteiger partial charge on any atom is -0.381 e. The van der Waals surface area contributed by atoms with Crippen LogP contribution >= 0.6 is 0 Å². The fourth-order valence-electron chi connectivity index (χ4n) is 3.57. The molecule has 1 amide bonds. The van der Waals surface area contributed by atoms with Crippen LogP contribution in [-0.2, 0) is 9.53 Å². The topological polar surface area (TPSA) is 76.1 Å². The first kappa shape index (κ1) is 14.3. The summed E-state index contributed by atoms with van der Waals surface area (Å²) < 4.78 is 7.23. The normalized spacial score (nSPS) is 21.7. The molecule has 1 aromatic carbocycles. The molecule has 2 N–H and O–H groups in total. The average Bonchev–Trinajstić information content (AvgIpc) is 2.92. The maximum Gasteiger partial charge on any atom is 0.270 e. The van der Waals surface area contributed by atoms with Crippen LogP contribution in [0.5, 0.6) is 0 Å². The van der Waals surface area contributed by atoms with E-state index in [1.807, 2.05) is 35.0 Å². The summed E-state index contributed by atoms with van der Waals surface area (Å²) in [6, 6.07) is 9.91. The van der Waals surface area contributed by atoms with Crippen molar-refractivity contribution in [3.05, 3.63) is 51.8 Å². The molecule has 1 atom stereocenters. The van der Waals surface area contributed by atoms with Crippen LogP contribution in [0.4, 0.5) is 5.82 Å². The number of fused-ring (bicyclic) bond motifs is 1. The van der Waals surface area contributed by atoms with Crippen LogP contribution < -0.4 is 10.9 Å². The Morgan fingerprint density at radius 3 is 2.57 bits per heavy atom. The van der Waals surface area contributed by atoms with E-state index in [1.54, 1.807) is 0 Å². The molecule has 2 aromatic rings. The Kier molecular flexibility index (Phi) is 3.53. The van der Waals surface area contributed by atoms with E-state index in [0.717, 1.165) is 18.4 Å². The summed E-state index contributed by atoms with van der Waals surface area (Å²) in [6.07, 6.45) is 1.98. The molecule has 23 heavy (non-hydrogen) atoms. The highest BCUT2D eigenvalue weighted by molar-refractivity contribution is 5.94. The number of H-pyrrole nitrogens is 1. The molecular weight excluding hydrogens is 294 g/mol. The number of nitrogens with one attached hydrogen (secondary N) is 2. The minimum absolute atomic E-state index is 0.0498.